The summed E-state index contributed by atoms with van der Waals surface area (Å²) in [6.45, 7) is 6.55. The van der Waals surface area contributed by atoms with Gasteiger partial charge < -0.3 is 5.73 Å². The number of benzene rings is 1. The molecule has 1 heterocycles. The summed E-state index contributed by atoms with van der Waals surface area (Å²) in [5, 5.41) is 0. The minimum absolute atomic E-state index is 0. The zero-order chi connectivity index (χ0) is 14.5. The Morgan fingerprint density at radius 3 is 2.50 bits per heavy atom. The Hall–Kier alpha value is -0.610. The predicted molar refractivity (Wildman–Crippen MR) is 97.0 cm³/mol. The number of hydrogen-bond donors (Lipinski definition) is 1. The van der Waals surface area contributed by atoms with E-state index >= 15 is 0 Å². The maximum Gasteiger partial charge on any atom is 0.163 e. The lowest BCUT2D eigenvalue weighted by atomic mass is 10.0. The van der Waals surface area contributed by atoms with Gasteiger partial charge in [-0.3, -0.25) is 9.69 Å². The van der Waals surface area contributed by atoms with E-state index in [9.17, 15) is 4.79 Å². The lowest BCUT2D eigenvalue weighted by Gasteiger charge is -2.22. The average Bonchev–Trinajstić information content (AvgIpc) is 2.59. The van der Waals surface area contributed by atoms with Crippen LogP contribution < -0.4 is 5.73 Å². The minimum Gasteiger partial charge on any atom is -0.321 e. The van der Waals surface area contributed by atoms with Crippen molar-refractivity contribution in [1.29, 1.82) is 0 Å². The van der Waals surface area contributed by atoms with Crippen LogP contribution in [0.2, 0.25) is 0 Å². The number of carbonyl (C=O) groups excluding carboxylic acids is 1. The summed E-state index contributed by atoms with van der Waals surface area (Å²) in [6.07, 6.45) is 3.01. The van der Waals surface area contributed by atoms with Gasteiger partial charge in [-0.2, -0.15) is 0 Å². The van der Waals surface area contributed by atoms with Crippen LogP contribution in [-0.4, -0.2) is 29.8 Å². The van der Waals surface area contributed by atoms with E-state index < -0.39 is 0 Å². The molecule has 3 nitrogen and oxygen atoms in total. The molecule has 0 aromatic heterocycles. The first-order chi connectivity index (χ1) is 9.56. The zero-order valence-electron chi connectivity index (χ0n) is 13.5. The van der Waals surface area contributed by atoms with Gasteiger partial charge in [0.15, 0.2) is 5.78 Å². The molecule has 0 aliphatic carbocycles. The first kappa shape index (κ1) is 21.4. The Morgan fingerprint density at radius 2 is 1.86 bits per heavy atom. The average molecular weight is 347 g/mol. The quantitative estimate of drug-likeness (QED) is 0.890. The van der Waals surface area contributed by atoms with Gasteiger partial charge in [-0.15, -0.1) is 24.8 Å². The van der Waals surface area contributed by atoms with Gasteiger partial charge in [0.1, 0.15) is 0 Å². The molecule has 0 radical (unpaired) electrons. The molecular formula is C17H28Cl2N2O. The Morgan fingerprint density at radius 1 is 1.23 bits per heavy atom. The number of nitrogens with two attached hydrogens (primary N) is 1. The molecule has 1 aromatic carbocycles. The van der Waals surface area contributed by atoms with Crippen LogP contribution in [0, 0.1) is 5.92 Å². The molecule has 0 saturated carbocycles. The van der Waals surface area contributed by atoms with Crippen molar-refractivity contribution >= 4 is 30.6 Å². The summed E-state index contributed by atoms with van der Waals surface area (Å²) in [5.74, 6) is 0.650. The van der Waals surface area contributed by atoms with Gasteiger partial charge in [-0.1, -0.05) is 38.1 Å². The van der Waals surface area contributed by atoms with Crippen molar-refractivity contribution in [3.8, 4) is 0 Å². The van der Waals surface area contributed by atoms with Crippen molar-refractivity contribution < 1.29 is 4.79 Å². The predicted octanol–water partition coefficient (Wildman–Crippen LogP) is 3.22. The molecule has 0 saturated heterocycles. The maximum atomic E-state index is 12.2. The van der Waals surface area contributed by atoms with Crippen LogP contribution in [0.3, 0.4) is 0 Å². The summed E-state index contributed by atoms with van der Waals surface area (Å²) < 4.78 is 0. The molecule has 1 atom stereocenters. The minimum atomic E-state index is -0.312. The number of halogens is 2. The van der Waals surface area contributed by atoms with Crippen LogP contribution in [0.4, 0.5) is 0 Å². The van der Waals surface area contributed by atoms with Gasteiger partial charge >= 0.3 is 0 Å². The van der Waals surface area contributed by atoms with Gasteiger partial charge in [0, 0.05) is 6.54 Å². The molecule has 22 heavy (non-hydrogen) atoms. The number of fused-ring (bicyclic) bond motifs is 1. The fraction of sp³-hybridized carbons (Fsp3) is 0.588. The van der Waals surface area contributed by atoms with Gasteiger partial charge in [-0.25, -0.2) is 0 Å². The third kappa shape index (κ3) is 6.25. The van der Waals surface area contributed by atoms with Crippen molar-refractivity contribution in [2.75, 3.05) is 13.1 Å². The van der Waals surface area contributed by atoms with E-state index in [1.165, 1.54) is 11.1 Å². The summed E-state index contributed by atoms with van der Waals surface area (Å²) in [7, 11) is 0. The van der Waals surface area contributed by atoms with Crippen LogP contribution in [0.1, 0.15) is 37.8 Å². The van der Waals surface area contributed by atoms with Gasteiger partial charge in [0.2, 0.25) is 0 Å². The second-order valence-corrected chi connectivity index (χ2v) is 6.29. The number of ketones is 1. The molecule has 5 heteroatoms. The highest BCUT2D eigenvalue weighted by atomic mass is 35.5. The summed E-state index contributed by atoms with van der Waals surface area (Å²) in [5.41, 5.74) is 8.77. The Bertz CT molecular complexity index is 466. The molecule has 1 aliphatic heterocycles. The fourth-order valence-corrected chi connectivity index (χ4v) is 2.88. The Kier molecular flexibility index (Phi) is 9.94. The summed E-state index contributed by atoms with van der Waals surface area (Å²) >= 11 is 0. The highest BCUT2D eigenvalue weighted by molar-refractivity contribution is 5.86. The molecule has 2 rings (SSSR count). The van der Waals surface area contributed by atoms with Crippen LogP contribution in [0.5, 0.6) is 0 Å². The maximum absolute atomic E-state index is 12.2. The van der Waals surface area contributed by atoms with Gasteiger partial charge in [-0.05, 0) is 42.9 Å². The number of aryl methyl sites for hydroxylation is 1. The molecule has 1 aromatic rings. The van der Waals surface area contributed by atoms with Gasteiger partial charge in [0.25, 0.3) is 0 Å². The van der Waals surface area contributed by atoms with E-state index in [4.69, 9.17) is 5.73 Å². The molecule has 126 valence electrons. The highest BCUT2D eigenvalue weighted by Gasteiger charge is 2.20. The van der Waals surface area contributed by atoms with Crippen LogP contribution >= 0.6 is 24.8 Å². The molecule has 2 N–H and O–H groups in total. The normalized spacial score (nSPS) is 16.0. The third-order valence-corrected chi connectivity index (χ3v) is 3.95. The SMILES string of the molecule is CC(C)C[C@H](N)C(=O)CN1CCCc2ccccc2C1.Cl.Cl. The largest absolute Gasteiger partial charge is 0.321 e. The van der Waals surface area contributed by atoms with Crippen molar-refractivity contribution in [2.45, 2.75) is 45.7 Å². The lowest BCUT2D eigenvalue weighted by Crippen LogP contribution is -2.40. The lowest BCUT2D eigenvalue weighted by molar-refractivity contribution is -0.121. The molecular weight excluding hydrogens is 319 g/mol. The monoisotopic (exact) mass is 346 g/mol. The Labute approximate surface area is 146 Å². The summed E-state index contributed by atoms with van der Waals surface area (Å²) in [6, 6.07) is 8.23. The molecule has 0 fully saturated rings. The first-order valence-corrected chi connectivity index (χ1v) is 7.63. The van der Waals surface area contributed by atoms with E-state index in [1.807, 2.05) is 0 Å². The van der Waals surface area contributed by atoms with Crippen LogP contribution in [-0.2, 0) is 17.8 Å². The van der Waals surface area contributed by atoms with E-state index in [-0.39, 0.29) is 36.6 Å². The molecule has 0 amide bonds. The molecule has 0 bridgehead atoms. The number of Topliss-reactive ketones (excluding diaryl/α,β-unsaturated/α-hetero) is 1. The van der Waals surface area contributed by atoms with Crippen molar-refractivity contribution in [3.05, 3.63) is 35.4 Å². The molecule has 0 spiro atoms. The number of hydrogen-bond acceptors (Lipinski definition) is 3. The second-order valence-electron chi connectivity index (χ2n) is 6.29. The van der Waals surface area contributed by atoms with E-state index in [2.05, 4.69) is 43.0 Å². The second kappa shape index (κ2) is 10.2. The van der Waals surface area contributed by atoms with Crippen LogP contribution in [0.15, 0.2) is 24.3 Å². The molecule has 0 unspecified atom stereocenters. The zero-order valence-corrected chi connectivity index (χ0v) is 15.1. The van der Waals surface area contributed by atoms with Crippen LogP contribution in [0.25, 0.3) is 0 Å². The van der Waals surface area contributed by atoms with E-state index in [0.29, 0.717) is 12.5 Å². The number of nitrogens with zero attached hydrogens (tertiary/aromatic N) is 1. The van der Waals surface area contributed by atoms with Crippen molar-refractivity contribution in [2.24, 2.45) is 11.7 Å². The first-order valence-electron chi connectivity index (χ1n) is 7.63. The smallest absolute Gasteiger partial charge is 0.163 e. The van der Waals surface area contributed by atoms with E-state index in [1.54, 1.807) is 0 Å². The van der Waals surface area contributed by atoms with Gasteiger partial charge in [0.05, 0.1) is 12.6 Å². The topological polar surface area (TPSA) is 46.3 Å². The number of carbonyl (C=O) groups is 1. The highest BCUT2D eigenvalue weighted by Crippen LogP contribution is 2.18. The van der Waals surface area contributed by atoms with Crippen molar-refractivity contribution in [1.82, 2.24) is 4.90 Å². The summed E-state index contributed by atoms with van der Waals surface area (Å²) in [4.78, 5) is 14.4. The standard InChI is InChI=1S/C17H26N2O.2ClH/c1-13(2)10-16(18)17(20)12-19-9-5-8-14-6-3-4-7-15(14)11-19;;/h3-4,6-7,13,16H,5,8-12,18H2,1-2H3;2*1H/t16-;;/m0../s1. The Balaban J connectivity index is 0.00000220. The number of rotatable bonds is 5. The fourth-order valence-electron chi connectivity index (χ4n) is 2.88. The van der Waals surface area contributed by atoms with Crippen molar-refractivity contribution in [3.63, 3.8) is 0 Å². The molecule has 1 aliphatic rings. The van der Waals surface area contributed by atoms with E-state index in [0.717, 1.165) is 32.4 Å². The third-order valence-electron chi connectivity index (χ3n) is 3.95.